The molecule has 130 valence electrons. The van der Waals surface area contributed by atoms with Crippen molar-refractivity contribution >= 4 is 23.4 Å². The van der Waals surface area contributed by atoms with Crippen LogP contribution >= 0.6 is 11.8 Å². The van der Waals surface area contributed by atoms with Crippen LogP contribution in [0.5, 0.6) is 0 Å². The van der Waals surface area contributed by atoms with Gasteiger partial charge in [-0.15, -0.1) is 0 Å². The molecular formula is C18H32N4S. The number of benzene rings is 1. The third kappa shape index (κ3) is 8.74. The van der Waals surface area contributed by atoms with Gasteiger partial charge in [0.2, 0.25) is 0 Å². The van der Waals surface area contributed by atoms with Crippen LogP contribution in [-0.4, -0.2) is 52.2 Å². The average molecular weight is 337 g/mol. The number of aryl methyl sites for hydroxylation is 1. The molecule has 0 radical (unpaired) electrons. The van der Waals surface area contributed by atoms with E-state index in [1.54, 1.807) is 0 Å². The fourth-order valence-corrected chi connectivity index (χ4v) is 2.75. The van der Waals surface area contributed by atoms with Crippen molar-refractivity contribution in [3.8, 4) is 0 Å². The maximum absolute atomic E-state index is 4.27. The molecule has 2 N–H and O–H groups in total. The van der Waals surface area contributed by atoms with E-state index in [4.69, 9.17) is 0 Å². The van der Waals surface area contributed by atoms with Crippen molar-refractivity contribution < 1.29 is 0 Å². The second-order valence-corrected chi connectivity index (χ2v) is 6.78. The molecule has 1 aromatic carbocycles. The van der Waals surface area contributed by atoms with Crippen molar-refractivity contribution in [2.75, 3.05) is 51.1 Å². The van der Waals surface area contributed by atoms with Crippen LogP contribution in [0.2, 0.25) is 0 Å². The zero-order valence-electron chi connectivity index (χ0n) is 15.1. The van der Waals surface area contributed by atoms with Gasteiger partial charge in [-0.3, -0.25) is 4.99 Å². The molecule has 0 aliphatic carbocycles. The van der Waals surface area contributed by atoms with E-state index in [0.717, 1.165) is 31.9 Å². The van der Waals surface area contributed by atoms with Crippen LogP contribution in [-0.2, 0) is 6.42 Å². The molecule has 0 atom stereocenters. The summed E-state index contributed by atoms with van der Waals surface area (Å²) in [6.45, 7) is 1.94. The van der Waals surface area contributed by atoms with Crippen molar-refractivity contribution in [3.63, 3.8) is 0 Å². The number of anilines is 1. The van der Waals surface area contributed by atoms with Crippen LogP contribution in [0.4, 0.5) is 5.69 Å². The summed E-state index contributed by atoms with van der Waals surface area (Å²) in [5, 5.41) is 6.76. The lowest BCUT2D eigenvalue weighted by Gasteiger charge is -2.13. The number of aliphatic imine (C=N–C) groups is 1. The second kappa shape index (κ2) is 12.1. The number of hydrogen-bond donors (Lipinski definition) is 2. The van der Waals surface area contributed by atoms with Crippen LogP contribution in [0.25, 0.3) is 0 Å². The maximum atomic E-state index is 4.27. The van der Waals surface area contributed by atoms with E-state index in [1.807, 2.05) is 18.8 Å². The van der Waals surface area contributed by atoms with Gasteiger partial charge in [0.1, 0.15) is 0 Å². The van der Waals surface area contributed by atoms with E-state index in [9.17, 15) is 0 Å². The molecule has 4 nitrogen and oxygen atoms in total. The van der Waals surface area contributed by atoms with Crippen LogP contribution in [0.15, 0.2) is 29.3 Å². The van der Waals surface area contributed by atoms with Gasteiger partial charge in [-0.2, -0.15) is 11.8 Å². The minimum atomic E-state index is 0.914. The Hall–Kier alpha value is -1.36. The molecule has 5 heteroatoms. The number of thioether (sulfide) groups is 1. The largest absolute Gasteiger partial charge is 0.378 e. The molecule has 0 amide bonds. The Bertz CT molecular complexity index is 443. The van der Waals surface area contributed by atoms with Gasteiger partial charge < -0.3 is 15.5 Å². The summed E-state index contributed by atoms with van der Waals surface area (Å²) in [6, 6.07) is 8.79. The standard InChI is InChI=1S/C18H32N4S/c1-19-18(20-13-5-6-15-23-4)21-14-7-8-16-9-11-17(12-10-16)22(2)3/h9-12H,5-8,13-15H2,1-4H3,(H2,19,20,21). The van der Waals surface area contributed by atoms with E-state index < -0.39 is 0 Å². The van der Waals surface area contributed by atoms with E-state index in [2.05, 4.69) is 65.1 Å². The zero-order valence-corrected chi connectivity index (χ0v) is 15.9. The van der Waals surface area contributed by atoms with Crippen LogP contribution in [0, 0.1) is 0 Å². The fourth-order valence-electron chi connectivity index (χ4n) is 2.26. The number of guanidine groups is 1. The predicted molar refractivity (Wildman–Crippen MR) is 106 cm³/mol. The first-order valence-electron chi connectivity index (χ1n) is 8.37. The molecule has 0 aliphatic heterocycles. The second-order valence-electron chi connectivity index (χ2n) is 5.79. The molecule has 0 fully saturated rings. The summed E-state index contributed by atoms with van der Waals surface area (Å²) >= 11 is 1.91. The van der Waals surface area contributed by atoms with Gasteiger partial charge in [0.25, 0.3) is 0 Å². The molecule has 0 saturated carbocycles. The minimum Gasteiger partial charge on any atom is -0.378 e. The monoisotopic (exact) mass is 336 g/mol. The quantitative estimate of drug-likeness (QED) is 0.391. The number of unbranched alkanes of at least 4 members (excludes halogenated alkanes) is 1. The van der Waals surface area contributed by atoms with Crippen molar-refractivity contribution in [1.82, 2.24) is 10.6 Å². The topological polar surface area (TPSA) is 39.7 Å². The highest BCUT2D eigenvalue weighted by Crippen LogP contribution is 2.13. The van der Waals surface area contributed by atoms with Crippen molar-refractivity contribution in [2.45, 2.75) is 25.7 Å². The van der Waals surface area contributed by atoms with E-state index >= 15 is 0 Å². The SMILES string of the molecule is CN=C(NCCCCSC)NCCCc1ccc(N(C)C)cc1. The smallest absolute Gasteiger partial charge is 0.190 e. The lowest BCUT2D eigenvalue weighted by atomic mass is 10.1. The highest BCUT2D eigenvalue weighted by molar-refractivity contribution is 7.98. The summed E-state index contributed by atoms with van der Waals surface area (Å²) in [5.74, 6) is 2.15. The van der Waals surface area contributed by atoms with Gasteiger partial charge in [0.15, 0.2) is 5.96 Å². The molecule has 0 bridgehead atoms. The van der Waals surface area contributed by atoms with Crippen molar-refractivity contribution in [3.05, 3.63) is 29.8 Å². The van der Waals surface area contributed by atoms with Gasteiger partial charge >= 0.3 is 0 Å². The fraction of sp³-hybridized carbons (Fsp3) is 0.611. The molecular weight excluding hydrogens is 304 g/mol. The molecule has 0 unspecified atom stereocenters. The van der Waals surface area contributed by atoms with E-state index in [1.165, 1.54) is 29.8 Å². The summed E-state index contributed by atoms with van der Waals surface area (Å²) < 4.78 is 0. The first kappa shape index (κ1) is 19.7. The molecule has 23 heavy (non-hydrogen) atoms. The van der Waals surface area contributed by atoms with Gasteiger partial charge in [-0.05, 0) is 55.4 Å². The Morgan fingerprint density at radius 3 is 2.26 bits per heavy atom. The van der Waals surface area contributed by atoms with Gasteiger partial charge in [0.05, 0.1) is 0 Å². The Morgan fingerprint density at radius 2 is 1.70 bits per heavy atom. The van der Waals surface area contributed by atoms with E-state index in [0.29, 0.717) is 0 Å². The maximum Gasteiger partial charge on any atom is 0.190 e. The number of rotatable bonds is 10. The van der Waals surface area contributed by atoms with Crippen LogP contribution in [0.3, 0.4) is 0 Å². The van der Waals surface area contributed by atoms with Gasteiger partial charge in [-0.1, -0.05) is 12.1 Å². The Morgan fingerprint density at radius 1 is 1.04 bits per heavy atom. The van der Waals surface area contributed by atoms with Crippen molar-refractivity contribution in [2.24, 2.45) is 4.99 Å². The molecule has 0 saturated heterocycles. The Kier molecular flexibility index (Phi) is 10.4. The summed E-state index contributed by atoms with van der Waals surface area (Å²) in [7, 11) is 5.97. The van der Waals surface area contributed by atoms with Gasteiger partial charge in [-0.25, -0.2) is 0 Å². The molecule has 0 aromatic heterocycles. The third-order valence-electron chi connectivity index (χ3n) is 3.68. The van der Waals surface area contributed by atoms with Crippen LogP contribution < -0.4 is 15.5 Å². The number of hydrogen-bond acceptors (Lipinski definition) is 3. The Labute approximate surface area is 146 Å². The summed E-state index contributed by atoms with van der Waals surface area (Å²) in [4.78, 5) is 6.39. The third-order valence-corrected chi connectivity index (χ3v) is 4.38. The minimum absolute atomic E-state index is 0.914. The highest BCUT2D eigenvalue weighted by atomic mass is 32.2. The van der Waals surface area contributed by atoms with Crippen LogP contribution in [0.1, 0.15) is 24.8 Å². The van der Waals surface area contributed by atoms with Gasteiger partial charge in [0, 0.05) is 39.9 Å². The zero-order chi connectivity index (χ0) is 16.9. The number of nitrogens with zero attached hydrogens (tertiary/aromatic N) is 2. The highest BCUT2D eigenvalue weighted by Gasteiger charge is 1.99. The average Bonchev–Trinajstić information content (AvgIpc) is 2.57. The number of nitrogens with one attached hydrogen (secondary N) is 2. The van der Waals surface area contributed by atoms with E-state index in [-0.39, 0.29) is 0 Å². The van der Waals surface area contributed by atoms with Crippen molar-refractivity contribution in [1.29, 1.82) is 0 Å². The molecule has 1 rings (SSSR count). The normalized spacial score (nSPS) is 11.4. The lowest BCUT2D eigenvalue weighted by Crippen LogP contribution is -2.38. The molecule has 0 aliphatic rings. The predicted octanol–water partition coefficient (Wildman–Crippen LogP) is 2.99. The lowest BCUT2D eigenvalue weighted by molar-refractivity contribution is 0.713. The first-order valence-corrected chi connectivity index (χ1v) is 9.76. The molecule has 1 aromatic rings. The summed E-state index contributed by atoms with van der Waals surface area (Å²) in [5.41, 5.74) is 2.63. The first-order chi connectivity index (χ1) is 11.2. The Balaban J connectivity index is 2.17. The summed E-state index contributed by atoms with van der Waals surface area (Å²) in [6.07, 6.45) is 6.80. The molecule has 0 spiro atoms. The molecule has 0 heterocycles.